The zero-order chi connectivity index (χ0) is 10.0. The van der Waals surface area contributed by atoms with Crippen molar-refractivity contribution in [1.82, 2.24) is 4.98 Å². The summed E-state index contributed by atoms with van der Waals surface area (Å²) in [6.45, 7) is 0. The SMILES string of the molecule is O=[N+]([O-])c1cnc(C(F)F)c(O)c1. The first-order chi connectivity index (χ1) is 6.02. The molecule has 7 heteroatoms. The van der Waals surface area contributed by atoms with E-state index >= 15 is 0 Å². The lowest BCUT2D eigenvalue weighted by Gasteiger charge is -2.00. The lowest BCUT2D eigenvalue weighted by molar-refractivity contribution is -0.385. The second-order valence-electron chi connectivity index (χ2n) is 2.16. The minimum absolute atomic E-state index is 0.526. The third kappa shape index (κ3) is 1.86. The smallest absolute Gasteiger partial charge is 0.291 e. The molecular weight excluding hydrogens is 186 g/mol. The van der Waals surface area contributed by atoms with Gasteiger partial charge in [-0.2, -0.15) is 0 Å². The summed E-state index contributed by atoms with van der Waals surface area (Å²) in [7, 11) is 0. The van der Waals surface area contributed by atoms with Crippen LogP contribution in [0.4, 0.5) is 14.5 Å². The maximum Gasteiger partial charge on any atom is 0.291 e. The van der Waals surface area contributed by atoms with Crippen LogP contribution in [0.3, 0.4) is 0 Å². The summed E-state index contributed by atoms with van der Waals surface area (Å²) >= 11 is 0. The molecule has 0 saturated carbocycles. The number of hydrogen-bond donors (Lipinski definition) is 1. The van der Waals surface area contributed by atoms with Gasteiger partial charge in [-0.15, -0.1) is 0 Å². The highest BCUT2D eigenvalue weighted by Crippen LogP contribution is 2.28. The van der Waals surface area contributed by atoms with Gasteiger partial charge in [-0.05, 0) is 0 Å². The van der Waals surface area contributed by atoms with Gasteiger partial charge in [0.25, 0.3) is 12.1 Å². The van der Waals surface area contributed by atoms with Crippen LogP contribution < -0.4 is 0 Å². The maximum absolute atomic E-state index is 12.0. The topological polar surface area (TPSA) is 76.3 Å². The van der Waals surface area contributed by atoms with Crippen LogP contribution in [-0.2, 0) is 0 Å². The summed E-state index contributed by atoms with van der Waals surface area (Å²) in [5.74, 6) is -0.871. The van der Waals surface area contributed by atoms with E-state index in [2.05, 4.69) is 4.98 Å². The first kappa shape index (κ1) is 9.30. The normalized spacial score (nSPS) is 10.4. The molecule has 0 aliphatic carbocycles. The van der Waals surface area contributed by atoms with Gasteiger partial charge >= 0.3 is 0 Å². The van der Waals surface area contributed by atoms with Gasteiger partial charge < -0.3 is 5.11 Å². The second-order valence-corrected chi connectivity index (χ2v) is 2.16. The zero-order valence-electron chi connectivity index (χ0n) is 6.15. The Morgan fingerprint density at radius 1 is 1.62 bits per heavy atom. The van der Waals surface area contributed by atoms with E-state index in [1.54, 1.807) is 0 Å². The number of halogens is 2. The van der Waals surface area contributed by atoms with E-state index in [1.165, 1.54) is 0 Å². The number of pyridine rings is 1. The molecule has 70 valence electrons. The van der Waals surface area contributed by atoms with Gasteiger partial charge in [-0.1, -0.05) is 0 Å². The Bertz CT molecular complexity index is 343. The third-order valence-corrected chi connectivity index (χ3v) is 1.30. The minimum Gasteiger partial charge on any atom is -0.506 e. The van der Waals surface area contributed by atoms with Gasteiger partial charge in [0, 0.05) is 0 Å². The number of aromatic nitrogens is 1. The Morgan fingerprint density at radius 2 is 2.23 bits per heavy atom. The van der Waals surface area contributed by atoms with Crippen molar-refractivity contribution in [3.8, 4) is 5.75 Å². The molecule has 1 rings (SSSR count). The monoisotopic (exact) mass is 190 g/mol. The van der Waals surface area contributed by atoms with E-state index < -0.39 is 28.5 Å². The van der Waals surface area contributed by atoms with Crippen molar-refractivity contribution in [2.75, 3.05) is 0 Å². The summed E-state index contributed by atoms with van der Waals surface area (Å²) in [4.78, 5) is 12.3. The van der Waals surface area contributed by atoms with E-state index in [1.807, 2.05) is 0 Å². The quantitative estimate of drug-likeness (QED) is 0.567. The molecule has 0 saturated heterocycles. The number of nitro groups is 1. The van der Waals surface area contributed by atoms with Crippen LogP contribution in [0, 0.1) is 10.1 Å². The largest absolute Gasteiger partial charge is 0.506 e. The first-order valence-electron chi connectivity index (χ1n) is 3.14. The lowest BCUT2D eigenvalue weighted by Crippen LogP contribution is -1.94. The first-order valence-corrected chi connectivity index (χ1v) is 3.14. The summed E-state index contributed by atoms with van der Waals surface area (Å²) in [5, 5.41) is 19.0. The fraction of sp³-hybridized carbons (Fsp3) is 0.167. The van der Waals surface area contributed by atoms with E-state index in [4.69, 9.17) is 5.11 Å². The molecule has 0 unspecified atom stereocenters. The average molecular weight is 190 g/mol. The number of alkyl halides is 2. The standard InChI is InChI=1S/C6H4F2N2O3/c7-6(8)5-4(11)1-3(2-9-5)10(12)13/h1-2,6,11H. The summed E-state index contributed by atoms with van der Waals surface area (Å²) in [6.07, 6.45) is -2.28. The van der Waals surface area contributed by atoms with Crippen molar-refractivity contribution in [3.05, 3.63) is 28.1 Å². The Hall–Kier alpha value is -1.79. The molecule has 1 N–H and O–H groups in total. The van der Waals surface area contributed by atoms with Gasteiger partial charge in [0.05, 0.1) is 11.0 Å². The number of nitrogens with zero attached hydrogens (tertiary/aromatic N) is 2. The van der Waals surface area contributed by atoms with Crippen LogP contribution in [-0.4, -0.2) is 15.0 Å². The highest BCUT2D eigenvalue weighted by atomic mass is 19.3. The van der Waals surface area contributed by atoms with Crippen LogP contribution in [0.5, 0.6) is 5.75 Å². The van der Waals surface area contributed by atoms with Crippen molar-refractivity contribution in [1.29, 1.82) is 0 Å². The number of hydrogen-bond acceptors (Lipinski definition) is 4. The second kappa shape index (κ2) is 3.30. The molecule has 1 aromatic rings. The molecule has 0 atom stereocenters. The maximum atomic E-state index is 12.0. The predicted molar refractivity (Wildman–Crippen MR) is 37.5 cm³/mol. The molecule has 0 amide bonds. The van der Waals surface area contributed by atoms with Crippen LogP contribution in [0.15, 0.2) is 12.3 Å². The highest BCUT2D eigenvalue weighted by molar-refractivity contribution is 5.38. The molecule has 0 aromatic carbocycles. The predicted octanol–water partition coefficient (Wildman–Crippen LogP) is 1.63. The molecule has 1 heterocycles. The molecule has 0 aliphatic heterocycles. The van der Waals surface area contributed by atoms with E-state index in [-0.39, 0.29) is 0 Å². The van der Waals surface area contributed by atoms with Crippen LogP contribution in [0.25, 0.3) is 0 Å². The molecule has 0 aliphatic rings. The van der Waals surface area contributed by atoms with Crippen molar-refractivity contribution in [2.24, 2.45) is 0 Å². The van der Waals surface area contributed by atoms with Crippen molar-refractivity contribution >= 4 is 5.69 Å². The molecule has 0 bridgehead atoms. The van der Waals surface area contributed by atoms with E-state index in [0.29, 0.717) is 12.3 Å². The van der Waals surface area contributed by atoms with Crippen molar-refractivity contribution in [2.45, 2.75) is 6.43 Å². The van der Waals surface area contributed by atoms with Gasteiger partial charge in [0.15, 0.2) is 0 Å². The van der Waals surface area contributed by atoms with Gasteiger partial charge in [-0.25, -0.2) is 13.8 Å². The fourth-order valence-corrected chi connectivity index (χ4v) is 0.721. The highest BCUT2D eigenvalue weighted by Gasteiger charge is 2.17. The Morgan fingerprint density at radius 3 is 2.62 bits per heavy atom. The average Bonchev–Trinajstić information content (AvgIpc) is 2.03. The molecule has 5 nitrogen and oxygen atoms in total. The Kier molecular flexibility index (Phi) is 2.36. The summed E-state index contributed by atoms with van der Waals surface area (Å²) < 4.78 is 23.9. The molecule has 0 radical (unpaired) electrons. The van der Waals surface area contributed by atoms with Gasteiger partial charge in [0.1, 0.15) is 17.6 Å². The van der Waals surface area contributed by atoms with Gasteiger partial charge in [-0.3, -0.25) is 10.1 Å². The fourth-order valence-electron chi connectivity index (χ4n) is 0.721. The molecule has 0 fully saturated rings. The van der Waals surface area contributed by atoms with Gasteiger partial charge in [0.2, 0.25) is 0 Å². The Labute approximate surface area is 70.8 Å². The zero-order valence-corrected chi connectivity index (χ0v) is 6.15. The van der Waals surface area contributed by atoms with Crippen LogP contribution in [0.2, 0.25) is 0 Å². The lowest BCUT2D eigenvalue weighted by atomic mass is 10.3. The van der Waals surface area contributed by atoms with E-state index in [9.17, 15) is 18.9 Å². The number of rotatable bonds is 2. The summed E-state index contributed by atoms with van der Waals surface area (Å²) in [6, 6.07) is 0.633. The van der Waals surface area contributed by atoms with E-state index in [0.717, 1.165) is 0 Å². The minimum atomic E-state index is -2.94. The van der Waals surface area contributed by atoms with Crippen molar-refractivity contribution < 1.29 is 18.8 Å². The third-order valence-electron chi connectivity index (χ3n) is 1.30. The number of aromatic hydroxyl groups is 1. The van der Waals surface area contributed by atoms with Crippen LogP contribution >= 0.6 is 0 Å². The van der Waals surface area contributed by atoms with Crippen molar-refractivity contribution in [3.63, 3.8) is 0 Å². The summed E-state index contributed by atoms with van der Waals surface area (Å²) in [5.41, 5.74) is -1.38. The molecule has 1 aromatic heterocycles. The molecule has 13 heavy (non-hydrogen) atoms. The molecular formula is C6H4F2N2O3. The molecule has 0 spiro atoms. The Balaban J connectivity index is 3.13. The van der Waals surface area contributed by atoms with Crippen LogP contribution in [0.1, 0.15) is 12.1 Å².